The number of carbonyl (C=O) groups excluding carboxylic acids is 1. The second-order valence-electron chi connectivity index (χ2n) is 2.75. The lowest BCUT2D eigenvalue weighted by atomic mass is 10.1. The van der Waals surface area contributed by atoms with Gasteiger partial charge < -0.3 is 5.21 Å². The third kappa shape index (κ3) is 1.83. The number of oxime groups is 1. The van der Waals surface area contributed by atoms with Crippen LogP contribution in [0.1, 0.15) is 26.2 Å². The van der Waals surface area contributed by atoms with Crippen LogP contribution in [0, 0.1) is 5.92 Å². The average Bonchev–Trinajstić information content (AvgIpc) is 2.64. The lowest BCUT2D eigenvalue weighted by molar-refractivity contribution is -0.111. The van der Waals surface area contributed by atoms with Crippen LogP contribution >= 0.6 is 0 Å². The first kappa shape index (κ1) is 7.25. The molecule has 0 aliphatic heterocycles. The molecule has 0 saturated heterocycles. The van der Waals surface area contributed by atoms with Crippen molar-refractivity contribution in [3.8, 4) is 0 Å². The molecule has 0 bridgehead atoms. The van der Waals surface area contributed by atoms with Crippen molar-refractivity contribution >= 4 is 11.5 Å². The molecular weight excluding hydrogens is 130 g/mol. The van der Waals surface area contributed by atoms with E-state index in [9.17, 15) is 4.79 Å². The third-order valence-corrected chi connectivity index (χ3v) is 1.71. The molecule has 1 N–H and O–H groups in total. The minimum Gasteiger partial charge on any atom is -0.411 e. The van der Waals surface area contributed by atoms with E-state index in [4.69, 9.17) is 5.21 Å². The lowest BCUT2D eigenvalue weighted by Gasteiger charge is -1.95. The Hall–Kier alpha value is -0.860. The maximum Gasteiger partial charge on any atom is 0.177 e. The molecule has 0 unspecified atom stereocenters. The number of rotatable bonds is 3. The van der Waals surface area contributed by atoms with Crippen LogP contribution in [0.25, 0.3) is 0 Å². The van der Waals surface area contributed by atoms with Gasteiger partial charge in [0.15, 0.2) is 5.78 Å². The van der Waals surface area contributed by atoms with E-state index >= 15 is 0 Å². The van der Waals surface area contributed by atoms with E-state index in [1.54, 1.807) is 0 Å². The molecule has 1 aliphatic rings. The molecule has 0 heterocycles. The van der Waals surface area contributed by atoms with E-state index in [1.807, 2.05) is 0 Å². The first-order chi connectivity index (χ1) is 4.74. The van der Waals surface area contributed by atoms with Crippen molar-refractivity contribution in [3.63, 3.8) is 0 Å². The Balaban J connectivity index is 2.40. The summed E-state index contributed by atoms with van der Waals surface area (Å²) in [5, 5.41) is 11.3. The molecule has 0 amide bonds. The topological polar surface area (TPSA) is 49.7 Å². The highest BCUT2D eigenvalue weighted by atomic mass is 16.4. The molecule has 0 spiro atoms. The highest BCUT2D eigenvalue weighted by molar-refractivity contribution is 6.38. The molecule has 3 nitrogen and oxygen atoms in total. The molecule has 0 aromatic rings. The highest BCUT2D eigenvalue weighted by Gasteiger charge is 2.24. The molecule has 0 atom stereocenters. The number of hydrogen-bond acceptors (Lipinski definition) is 3. The zero-order chi connectivity index (χ0) is 7.56. The number of Topliss-reactive ketones (excluding diaryl/α,β-unsaturated/α-hetero) is 1. The lowest BCUT2D eigenvalue weighted by Crippen LogP contribution is -2.10. The van der Waals surface area contributed by atoms with Crippen LogP contribution < -0.4 is 0 Å². The Labute approximate surface area is 59.7 Å². The summed E-state index contributed by atoms with van der Waals surface area (Å²) in [6, 6.07) is 0. The van der Waals surface area contributed by atoms with Gasteiger partial charge in [-0.2, -0.15) is 0 Å². The van der Waals surface area contributed by atoms with Crippen molar-refractivity contribution in [2.45, 2.75) is 26.2 Å². The van der Waals surface area contributed by atoms with Gasteiger partial charge in [0.2, 0.25) is 0 Å². The molecule has 1 fully saturated rings. The van der Waals surface area contributed by atoms with Crippen molar-refractivity contribution in [2.75, 3.05) is 0 Å². The predicted molar refractivity (Wildman–Crippen MR) is 37.2 cm³/mol. The maximum atomic E-state index is 10.6. The number of nitrogens with zero attached hydrogens (tertiary/aromatic N) is 1. The standard InChI is InChI=1S/C7H11NO2/c1-5(9)7(8-10)4-6-2-3-6/h6,10H,2-4H2,1H3. The van der Waals surface area contributed by atoms with E-state index in [0.29, 0.717) is 18.1 Å². The first-order valence-corrected chi connectivity index (χ1v) is 3.46. The molecule has 10 heavy (non-hydrogen) atoms. The van der Waals surface area contributed by atoms with Crippen LogP contribution in [0.4, 0.5) is 0 Å². The van der Waals surface area contributed by atoms with Crippen molar-refractivity contribution < 1.29 is 10.0 Å². The van der Waals surface area contributed by atoms with Gasteiger partial charge in [0.05, 0.1) is 0 Å². The van der Waals surface area contributed by atoms with Gasteiger partial charge in [-0.1, -0.05) is 5.16 Å². The smallest absolute Gasteiger partial charge is 0.177 e. The zero-order valence-electron chi connectivity index (χ0n) is 6.00. The molecule has 56 valence electrons. The molecule has 0 radical (unpaired) electrons. The molecule has 0 aromatic carbocycles. The van der Waals surface area contributed by atoms with Crippen LogP contribution in [0.2, 0.25) is 0 Å². The van der Waals surface area contributed by atoms with Crippen molar-refractivity contribution in [1.29, 1.82) is 0 Å². The predicted octanol–water partition coefficient (Wildman–Crippen LogP) is 1.21. The van der Waals surface area contributed by atoms with Crippen LogP contribution in [0.15, 0.2) is 5.16 Å². The summed E-state index contributed by atoms with van der Waals surface area (Å²) >= 11 is 0. The van der Waals surface area contributed by atoms with Crippen molar-refractivity contribution in [3.05, 3.63) is 0 Å². The van der Waals surface area contributed by atoms with E-state index in [0.717, 1.165) is 0 Å². The summed E-state index contributed by atoms with van der Waals surface area (Å²) in [5.41, 5.74) is 0.322. The van der Waals surface area contributed by atoms with E-state index in [-0.39, 0.29) is 5.78 Å². The van der Waals surface area contributed by atoms with Crippen LogP contribution in [-0.4, -0.2) is 16.7 Å². The average molecular weight is 141 g/mol. The Bertz CT molecular complexity index is 170. The molecule has 3 heteroatoms. The van der Waals surface area contributed by atoms with E-state index in [1.165, 1.54) is 19.8 Å². The minimum atomic E-state index is -0.116. The van der Waals surface area contributed by atoms with Gasteiger partial charge in [0, 0.05) is 6.92 Å². The monoisotopic (exact) mass is 141 g/mol. The van der Waals surface area contributed by atoms with Crippen molar-refractivity contribution in [2.24, 2.45) is 11.1 Å². The summed E-state index contributed by atoms with van der Waals surface area (Å²) in [6.07, 6.45) is 3.00. The van der Waals surface area contributed by atoms with Crippen LogP contribution in [0.5, 0.6) is 0 Å². The van der Waals surface area contributed by atoms with Gasteiger partial charge in [-0.05, 0) is 25.2 Å². The minimum absolute atomic E-state index is 0.116. The van der Waals surface area contributed by atoms with E-state index in [2.05, 4.69) is 5.16 Å². The van der Waals surface area contributed by atoms with Gasteiger partial charge in [0.25, 0.3) is 0 Å². The number of hydrogen-bond donors (Lipinski definition) is 1. The Morgan fingerprint density at radius 1 is 1.70 bits per heavy atom. The van der Waals surface area contributed by atoms with Crippen molar-refractivity contribution in [1.82, 2.24) is 0 Å². The fourth-order valence-electron chi connectivity index (χ4n) is 0.850. The largest absolute Gasteiger partial charge is 0.411 e. The summed E-state index contributed by atoms with van der Waals surface area (Å²) in [7, 11) is 0. The van der Waals surface area contributed by atoms with Gasteiger partial charge in [-0.25, -0.2) is 0 Å². The summed E-state index contributed by atoms with van der Waals surface area (Å²) in [5.74, 6) is 0.490. The Kier molecular flexibility index (Phi) is 2.04. The summed E-state index contributed by atoms with van der Waals surface area (Å²) in [4.78, 5) is 10.6. The maximum absolute atomic E-state index is 10.6. The Morgan fingerprint density at radius 3 is 2.60 bits per heavy atom. The normalized spacial score (nSPS) is 19.1. The van der Waals surface area contributed by atoms with Crippen LogP contribution in [0.3, 0.4) is 0 Å². The quantitative estimate of drug-likeness (QED) is 0.365. The summed E-state index contributed by atoms with van der Waals surface area (Å²) in [6.45, 7) is 1.43. The van der Waals surface area contributed by atoms with E-state index < -0.39 is 0 Å². The van der Waals surface area contributed by atoms with Gasteiger partial charge in [0.1, 0.15) is 5.71 Å². The molecule has 1 aliphatic carbocycles. The third-order valence-electron chi connectivity index (χ3n) is 1.71. The number of ketones is 1. The highest BCUT2D eigenvalue weighted by Crippen LogP contribution is 2.32. The second kappa shape index (κ2) is 2.82. The fraction of sp³-hybridized carbons (Fsp3) is 0.714. The summed E-state index contributed by atoms with van der Waals surface area (Å²) < 4.78 is 0. The van der Waals surface area contributed by atoms with Gasteiger partial charge >= 0.3 is 0 Å². The van der Waals surface area contributed by atoms with Crippen LogP contribution in [-0.2, 0) is 4.79 Å². The van der Waals surface area contributed by atoms with Gasteiger partial charge in [-0.3, -0.25) is 4.79 Å². The number of carbonyl (C=O) groups is 1. The van der Waals surface area contributed by atoms with Gasteiger partial charge in [-0.15, -0.1) is 0 Å². The SMILES string of the molecule is CC(=O)C(CC1CC1)=NO. The molecular formula is C7H11NO2. The molecule has 1 rings (SSSR count). The zero-order valence-corrected chi connectivity index (χ0v) is 6.00. The Morgan fingerprint density at radius 2 is 2.30 bits per heavy atom. The first-order valence-electron chi connectivity index (χ1n) is 3.46. The second-order valence-corrected chi connectivity index (χ2v) is 2.75. The molecule has 1 saturated carbocycles. The molecule has 0 aromatic heterocycles. The fourth-order valence-corrected chi connectivity index (χ4v) is 0.850.